The minimum absolute atomic E-state index is 0.0121. The van der Waals surface area contributed by atoms with Crippen molar-refractivity contribution >= 4 is 32.6 Å². The molecule has 0 aliphatic rings. The van der Waals surface area contributed by atoms with Crippen molar-refractivity contribution in [3.63, 3.8) is 0 Å². The molecule has 0 fully saturated rings. The number of nitrogens with zero attached hydrogens (tertiary/aromatic N) is 2. The highest BCUT2D eigenvalue weighted by molar-refractivity contribution is 9.09. The molecular weight excluding hydrogens is 304 g/mol. The molecule has 3 nitrogen and oxygen atoms in total. The van der Waals surface area contributed by atoms with E-state index in [2.05, 4.69) is 27.8 Å². The zero-order valence-corrected chi connectivity index (χ0v) is 12.6. The highest BCUT2D eigenvalue weighted by atomic mass is 79.9. The van der Waals surface area contributed by atoms with Gasteiger partial charge in [-0.2, -0.15) is 0 Å². The van der Waals surface area contributed by atoms with Crippen molar-refractivity contribution in [1.82, 2.24) is 9.88 Å². The summed E-state index contributed by atoms with van der Waals surface area (Å²) in [5.41, 5.74) is 0.549. The molecule has 100 valence electrons. The van der Waals surface area contributed by atoms with Crippen molar-refractivity contribution in [1.29, 1.82) is 0 Å². The van der Waals surface area contributed by atoms with Crippen LogP contribution < -0.4 is 0 Å². The lowest BCUT2D eigenvalue weighted by Gasteiger charge is -2.21. The summed E-state index contributed by atoms with van der Waals surface area (Å²) < 4.78 is 0. The average Bonchev–Trinajstić information content (AvgIpc) is 2.46. The predicted molar refractivity (Wildman–Crippen MR) is 81.7 cm³/mol. The van der Waals surface area contributed by atoms with Crippen LogP contribution in [0, 0.1) is 0 Å². The molecule has 1 aromatic heterocycles. The molecule has 0 bridgehead atoms. The smallest absolute Gasteiger partial charge is 0.273 e. The quantitative estimate of drug-likeness (QED) is 0.790. The molecule has 19 heavy (non-hydrogen) atoms. The van der Waals surface area contributed by atoms with Crippen LogP contribution in [0.5, 0.6) is 0 Å². The first-order valence-electron chi connectivity index (χ1n) is 6.47. The van der Waals surface area contributed by atoms with Crippen LogP contribution >= 0.6 is 15.9 Å². The molecule has 1 heterocycles. The van der Waals surface area contributed by atoms with Crippen LogP contribution in [0.1, 0.15) is 23.8 Å². The lowest BCUT2D eigenvalue weighted by Crippen LogP contribution is -2.34. The van der Waals surface area contributed by atoms with Crippen LogP contribution in [0.2, 0.25) is 0 Å². The van der Waals surface area contributed by atoms with Gasteiger partial charge in [0.25, 0.3) is 5.91 Å². The summed E-state index contributed by atoms with van der Waals surface area (Å²) in [5, 5.41) is 2.76. The molecule has 0 radical (unpaired) electrons. The third-order valence-electron chi connectivity index (χ3n) is 3.01. The number of rotatable bonds is 5. The summed E-state index contributed by atoms with van der Waals surface area (Å²) >= 11 is 3.40. The maximum absolute atomic E-state index is 12.6. The van der Waals surface area contributed by atoms with Gasteiger partial charge >= 0.3 is 0 Å². The third-order valence-corrected chi connectivity index (χ3v) is 3.37. The van der Waals surface area contributed by atoms with Gasteiger partial charge in [-0.25, -0.2) is 0 Å². The first kappa shape index (κ1) is 14.0. The molecule has 2 aromatic rings. The Morgan fingerprint density at radius 2 is 2.05 bits per heavy atom. The Labute approximate surface area is 121 Å². The van der Waals surface area contributed by atoms with Crippen LogP contribution in [0.25, 0.3) is 10.8 Å². The molecule has 0 aliphatic heterocycles. The lowest BCUT2D eigenvalue weighted by molar-refractivity contribution is 0.0763. The van der Waals surface area contributed by atoms with E-state index in [1.165, 1.54) is 0 Å². The molecule has 1 amide bonds. The van der Waals surface area contributed by atoms with E-state index in [4.69, 9.17) is 0 Å². The number of alkyl halides is 1. The Hall–Kier alpha value is -1.42. The van der Waals surface area contributed by atoms with E-state index in [9.17, 15) is 4.79 Å². The van der Waals surface area contributed by atoms with Crippen molar-refractivity contribution in [2.24, 2.45) is 0 Å². The molecule has 0 atom stereocenters. The average molecular weight is 321 g/mol. The van der Waals surface area contributed by atoms with Crippen LogP contribution in [0.3, 0.4) is 0 Å². The number of hydrogen-bond acceptors (Lipinski definition) is 2. The van der Waals surface area contributed by atoms with E-state index in [0.717, 1.165) is 29.1 Å². The number of amides is 1. The molecule has 4 heteroatoms. The predicted octanol–water partition coefficient (Wildman–Crippen LogP) is 3.48. The zero-order valence-electron chi connectivity index (χ0n) is 11.0. The van der Waals surface area contributed by atoms with Crippen LogP contribution in [0.15, 0.2) is 36.5 Å². The number of fused-ring (bicyclic) bond motifs is 1. The normalized spacial score (nSPS) is 10.6. The van der Waals surface area contributed by atoms with Crippen molar-refractivity contribution in [2.45, 2.75) is 13.3 Å². The maximum Gasteiger partial charge on any atom is 0.273 e. The number of carbonyl (C=O) groups is 1. The number of benzene rings is 1. The highest BCUT2D eigenvalue weighted by Crippen LogP contribution is 2.18. The topological polar surface area (TPSA) is 33.2 Å². The Kier molecular flexibility index (Phi) is 4.91. The van der Waals surface area contributed by atoms with Gasteiger partial charge in [-0.1, -0.05) is 47.1 Å². The van der Waals surface area contributed by atoms with Gasteiger partial charge in [0.1, 0.15) is 5.69 Å². The minimum atomic E-state index is 0.0121. The van der Waals surface area contributed by atoms with Crippen molar-refractivity contribution in [2.75, 3.05) is 18.4 Å². The second-order valence-corrected chi connectivity index (χ2v) is 5.15. The van der Waals surface area contributed by atoms with Crippen LogP contribution in [-0.2, 0) is 0 Å². The van der Waals surface area contributed by atoms with Crippen molar-refractivity contribution in [3.05, 3.63) is 42.2 Å². The SMILES string of the molecule is CCCN(CCBr)C(=O)c1nccc2ccccc12. The van der Waals surface area contributed by atoms with E-state index >= 15 is 0 Å². The van der Waals surface area contributed by atoms with Gasteiger partial charge in [0, 0.05) is 30.0 Å². The van der Waals surface area contributed by atoms with Crippen LogP contribution in [0.4, 0.5) is 0 Å². The van der Waals surface area contributed by atoms with E-state index in [1.54, 1.807) is 6.20 Å². The van der Waals surface area contributed by atoms with Crippen molar-refractivity contribution < 1.29 is 4.79 Å². The van der Waals surface area contributed by atoms with Gasteiger partial charge in [-0.05, 0) is 17.9 Å². The van der Waals surface area contributed by atoms with Crippen LogP contribution in [-0.4, -0.2) is 34.2 Å². The van der Waals surface area contributed by atoms with Gasteiger partial charge in [0.2, 0.25) is 0 Å². The minimum Gasteiger partial charge on any atom is -0.336 e. The molecular formula is C15H17BrN2O. The number of aromatic nitrogens is 1. The monoisotopic (exact) mass is 320 g/mol. The molecule has 0 unspecified atom stereocenters. The maximum atomic E-state index is 12.6. The Balaban J connectivity index is 2.39. The second kappa shape index (κ2) is 6.66. The summed E-state index contributed by atoms with van der Waals surface area (Å²) in [7, 11) is 0. The second-order valence-electron chi connectivity index (χ2n) is 4.36. The van der Waals surface area contributed by atoms with E-state index in [0.29, 0.717) is 12.2 Å². The van der Waals surface area contributed by atoms with Gasteiger partial charge in [0.05, 0.1) is 0 Å². The van der Waals surface area contributed by atoms with Gasteiger partial charge in [-0.3, -0.25) is 9.78 Å². The molecule has 0 N–H and O–H groups in total. The van der Waals surface area contributed by atoms with Crippen molar-refractivity contribution in [3.8, 4) is 0 Å². The Bertz CT molecular complexity index is 560. The van der Waals surface area contributed by atoms with E-state index in [-0.39, 0.29) is 5.91 Å². The standard InChI is InChI=1S/C15H17BrN2O/c1-2-10-18(11-8-16)15(19)14-13-6-4-3-5-12(13)7-9-17-14/h3-7,9H,2,8,10-11H2,1H3. The van der Waals surface area contributed by atoms with E-state index < -0.39 is 0 Å². The first-order valence-corrected chi connectivity index (χ1v) is 7.59. The number of halogens is 1. The Morgan fingerprint density at radius 1 is 1.26 bits per heavy atom. The molecule has 0 spiro atoms. The summed E-state index contributed by atoms with van der Waals surface area (Å²) in [6.07, 6.45) is 2.65. The summed E-state index contributed by atoms with van der Waals surface area (Å²) in [6.45, 7) is 3.54. The molecule has 1 aromatic carbocycles. The van der Waals surface area contributed by atoms with Gasteiger partial charge in [0.15, 0.2) is 0 Å². The fraction of sp³-hybridized carbons (Fsp3) is 0.333. The molecule has 0 aliphatic carbocycles. The van der Waals surface area contributed by atoms with Gasteiger partial charge in [-0.15, -0.1) is 0 Å². The fourth-order valence-corrected chi connectivity index (χ4v) is 2.55. The highest BCUT2D eigenvalue weighted by Gasteiger charge is 2.17. The number of hydrogen-bond donors (Lipinski definition) is 0. The summed E-state index contributed by atoms with van der Waals surface area (Å²) in [5.74, 6) is 0.0121. The largest absolute Gasteiger partial charge is 0.336 e. The first-order chi connectivity index (χ1) is 9.27. The zero-order chi connectivity index (χ0) is 13.7. The Morgan fingerprint density at radius 3 is 2.79 bits per heavy atom. The van der Waals surface area contributed by atoms with Gasteiger partial charge < -0.3 is 4.90 Å². The number of carbonyl (C=O) groups excluding carboxylic acids is 1. The summed E-state index contributed by atoms with van der Waals surface area (Å²) in [6, 6.07) is 9.80. The third kappa shape index (κ3) is 3.13. The van der Waals surface area contributed by atoms with E-state index in [1.807, 2.05) is 35.2 Å². The lowest BCUT2D eigenvalue weighted by atomic mass is 10.1. The molecule has 0 saturated carbocycles. The molecule has 0 saturated heterocycles. The summed E-state index contributed by atoms with van der Waals surface area (Å²) in [4.78, 5) is 18.7. The fourth-order valence-electron chi connectivity index (χ4n) is 2.13. The molecule has 2 rings (SSSR count). The number of pyridine rings is 1.